The number of aromatic nitrogens is 2. The standard InChI is InChI=1S/C25H22F3N3O3/c1-2-24(12-22(32)33)10-9-15-11-16(3-6-19(15)23(24)34)20-7-4-17(13-29-20)31-18-5-8-21(30-14-18)25(26,27)28/h3-8,11,13-14,31H,2,9-10,12H2,1H3,(H,32,33). The molecule has 1 aliphatic rings. The molecule has 0 saturated heterocycles. The minimum atomic E-state index is -4.49. The summed E-state index contributed by atoms with van der Waals surface area (Å²) in [6.07, 6.45) is -0.420. The first-order valence-corrected chi connectivity index (χ1v) is 10.8. The van der Waals surface area contributed by atoms with Gasteiger partial charge in [0, 0.05) is 16.5 Å². The number of carboxylic acids is 1. The molecule has 1 atom stereocenters. The number of halogens is 3. The summed E-state index contributed by atoms with van der Waals surface area (Å²) < 4.78 is 38.0. The largest absolute Gasteiger partial charge is 0.481 e. The molecular formula is C25H22F3N3O3. The zero-order valence-electron chi connectivity index (χ0n) is 18.3. The predicted molar refractivity (Wildman–Crippen MR) is 120 cm³/mol. The van der Waals surface area contributed by atoms with Crippen LogP contribution in [0.3, 0.4) is 0 Å². The van der Waals surface area contributed by atoms with E-state index in [1.54, 1.807) is 30.5 Å². The number of aliphatic carboxylic acids is 1. The number of hydrogen-bond donors (Lipinski definition) is 2. The van der Waals surface area contributed by atoms with Gasteiger partial charge in [-0.15, -0.1) is 0 Å². The number of carbonyl (C=O) groups is 2. The van der Waals surface area contributed by atoms with E-state index in [1.807, 2.05) is 13.0 Å². The van der Waals surface area contributed by atoms with E-state index in [-0.39, 0.29) is 12.2 Å². The van der Waals surface area contributed by atoms with Crippen molar-refractivity contribution in [3.63, 3.8) is 0 Å². The lowest BCUT2D eigenvalue weighted by atomic mass is 9.67. The second kappa shape index (κ2) is 8.89. The van der Waals surface area contributed by atoms with E-state index in [1.165, 1.54) is 6.07 Å². The monoisotopic (exact) mass is 469 g/mol. The normalized spacial score (nSPS) is 17.8. The van der Waals surface area contributed by atoms with Crippen LogP contribution in [0.1, 0.15) is 47.8 Å². The van der Waals surface area contributed by atoms with E-state index in [0.717, 1.165) is 23.4 Å². The number of fused-ring (bicyclic) bond motifs is 1. The number of alkyl halides is 3. The average Bonchev–Trinajstić information content (AvgIpc) is 2.81. The lowest BCUT2D eigenvalue weighted by Gasteiger charge is -2.34. The predicted octanol–water partition coefficient (Wildman–Crippen LogP) is 5.91. The molecule has 34 heavy (non-hydrogen) atoms. The molecular weight excluding hydrogens is 447 g/mol. The van der Waals surface area contributed by atoms with E-state index in [0.29, 0.717) is 41.9 Å². The summed E-state index contributed by atoms with van der Waals surface area (Å²) >= 11 is 0. The molecule has 1 aliphatic carbocycles. The Balaban J connectivity index is 1.51. The van der Waals surface area contributed by atoms with Gasteiger partial charge in [-0.1, -0.05) is 19.1 Å². The van der Waals surface area contributed by atoms with Crippen LogP contribution < -0.4 is 5.32 Å². The van der Waals surface area contributed by atoms with E-state index in [4.69, 9.17) is 0 Å². The van der Waals surface area contributed by atoms with E-state index in [9.17, 15) is 27.9 Å². The third-order valence-electron chi connectivity index (χ3n) is 6.27. The number of pyridine rings is 2. The summed E-state index contributed by atoms with van der Waals surface area (Å²) in [5.74, 6) is -1.09. The van der Waals surface area contributed by atoms with Gasteiger partial charge in [0.25, 0.3) is 0 Å². The number of ketones is 1. The topological polar surface area (TPSA) is 92.2 Å². The van der Waals surface area contributed by atoms with Crippen LogP contribution >= 0.6 is 0 Å². The Bertz CT molecular complexity index is 1220. The molecule has 0 fully saturated rings. The first kappa shape index (κ1) is 23.4. The fourth-order valence-electron chi connectivity index (χ4n) is 4.32. The molecule has 0 amide bonds. The number of nitrogens with zero attached hydrogens (tertiary/aromatic N) is 2. The van der Waals surface area contributed by atoms with Gasteiger partial charge in [0.05, 0.1) is 35.9 Å². The molecule has 6 nitrogen and oxygen atoms in total. The third-order valence-corrected chi connectivity index (χ3v) is 6.27. The molecule has 1 aromatic carbocycles. The van der Waals surface area contributed by atoms with Crippen molar-refractivity contribution in [1.29, 1.82) is 0 Å². The van der Waals surface area contributed by atoms with Crippen molar-refractivity contribution in [3.05, 3.63) is 71.7 Å². The van der Waals surface area contributed by atoms with Gasteiger partial charge >= 0.3 is 12.1 Å². The molecule has 176 valence electrons. The van der Waals surface area contributed by atoms with Crippen molar-refractivity contribution < 1.29 is 27.9 Å². The highest BCUT2D eigenvalue weighted by molar-refractivity contribution is 6.04. The van der Waals surface area contributed by atoms with Gasteiger partial charge in [-0.3, -0.25) is 14.6 Å². The highest BCUT2D eigenvalue weighted by atomic mass is 19.4. The number of rotatable bonds is 6. The summed E-state index contributed by atoms with van der Waals surface area (Å²) in [5, 5.41) is 12.2. The Kier molecular flexibility index (Phi) is 6.12. The van der Waals surface area contributed by atoms with Gasteiger partial charge in [-0.2, -0.15) is 13.2 Å². The fourth-order valence-corrected chi connectivity index (χ4v) is 4.32. The maximum Gasteiger partial charge on any atom is 0.433 e. The maximum absolute atomic E-state index is 13.1. The van der Waals surface area contributed by atoms with Crippen LogP contribution in [0, 0.1) is 5.41 Å². The molecule has 9 heteroatoms. The van der Waals surface area contributed by atoms with Gasteiger partial charge in [0.1, 0.15) is 5.69 Å². The number of carbonyl (C=O) groups excluding carboxylic acids is 1. The number of aryl methyl sites for hydroxylation is 1. The second-order valence-corrected chi connectivity index (χ2v) is 8.39. The van der Waals surface area contributed by atoms with Crippen molar-refractivity contribution in [2.24, 2.45) is 5.41 Å². The van der Waals surface area contributed by atoms with Crippen LogP contribution in [0.2, 0.25) is 0 Å². The van der Waals surface area contributed by atoms with E-state index < -0.39 is 23.3 Å². The molecule has 3 aromatic rings. The molecule has 2 aromatic heterocycles. The lowest BCUT2D eigenvalue weighted by Crippen LogP contribution is -2.37. The van der Waals surface area contributed by atoms with Gasteiger partial charge in [0.2, 0.25) is 0 Å². The lowest BCUT2D eigenvalue weighted by molar-refractivity contribution is -0.141. The van der Waals surface area contributed by atoms with Crippen molar-refractivity contribution in [1.82, 2.24) is 9.97 Å². The van der Waals surface area contributed by atoms with E-state index in [2.05, 4.69) is 15.3 Å². The summed E-state index contributed by atoms with van der Waals surface area (Å²) in [7, 11) is 0. The molecule has 4 rings (SSSR count). The number of Topliss-reactive ketones (excluding diaryl/α,β-unsaturated/α-hetero) is 1. The fraction of sp³-hybridized carbons (Fsp3) is 0.280. The third kappa shape index (κ3) is 4.64. The zero-order chi connectivity index (χ0) is 24.5. The number of nitrogens with one attached hydrogen (secondary N) is 1. The van der Waals surface area contributed by atoms with Crippen LogP contribution in [-0.4, -0.2) is 26.8 Å². The summed E-state index contributed by atoms with van der Waals surface area (Å²) in [6.45, 7) is 1.85. The molecule has 2 N–H and O–H groups in total. The average molecular weight is 469 g/mol. The van der Waals surface area contributed by atoms with Crippen LogP contribution in [0.25, 0.3) is 11.3 Å². The van der Waals surface area contributed by atoms with Crippen molar-refractivity contribution >= 4 is 23.1 Å². The highest BCUT2D eigenvalue weighted by Gasteiger charge is 2.42. The van der Waals surface area contributed by atoms with Crippen LogP contribution in [0.4, 0.5) is 24.5 Å². The van der Waals surface area contributed by atoms with Crippen LogP contribution in [-0.2, 0) is 17.4 Å². The number of hydrogen-bond acceptors (Lipinski definition) is 5. The van der Waals surface area contributed by atoms with Crippen molar-refractivity contribution in [3.8, 4) is 11.3 Å². The quantitative estimate of drug-likeness (QED) is 0.467. The van der Waals surface area contributed by atoms with Gasteiger partial charge in [-0.05, 0) is 55.2 Å². The van der Waals surface area contributed by atoms with Crippen LogP contribution in [0.5, 0.6) is 0 Å². The molecule has 1 unspecified atom stereocenters. The summed E-state index contributed by atoms with van der Waals surface area (Å²) in [6, 6.07) is 11.2. The maximum atomic E-state index is 13.1. The number of carboxylic acid groups (broad SMARTS) is 1. The van der Waals surface area contributed by atoms with Gasteiger partial charge < -0.3 is 10.4 Å². The molecule has 0 spiro atoms. The second-order valence-electron chi connectivity index (χ2n) is 8.39. The Morgan fingerprint density at radius 2 is 1.79 bits per heavy atom. The highest BCUT2D eigenvalue weighted by Crippen LogP contribution is 2.42. The van der Waals surface area contributed by atoms with Crippen molar-refractivity contribution in [2.45, 2.75) is 38.8 Å². The molecule has 0 bridgehead atoms. The van der Waals surface area contributed by atoms with E-state index >= 15 is 0 Å². The number of benzene rings is 1. The van der Waals surface area contributed by atoms with Crippen molar-refractivity contribution in [2.75, 3.05) is 5.32 Å². The Morgan fingerprint density at radius 3 is 2.35 bits per heavy atom. The van der Waals surface area contributed by atoms with Gasteiger partial charge in [-0.25, -0.2) is 4.98 Å². The first-order chi connectivity index (χ1) is 16.1. The minimum Gasteiger partial charge on any atom is -0.481 e. The smallest absolute Gasteiger partial charge is 0.433 e. The molecule has 0 aliphatic heterocycles. The Hall–Kier alpha value is -3.75. The van der Waals surface area contributed by atoms with Crippen LogP contribution in [0.15, 0.2) is 54.9 Å². The SMILES string of the molecule is CCC1(CC(=O)O)CCc2cc(-c3ccc(Nc4ccc(C(F)(F)F)nc4)cn3)ccc2C1=O. The Labute approximate surface area is 193 Å². The first-order valence-electron chi connectivity index (χ1n) is 10.8. The molecule has 0 saturated carbocycles. The zero-order valence-corrected chi connectivity index (χ0v) is 18.3. The minimum absolute atomic E-state index is 0.122. The molecule has 0 radical (unpaired) electrons. The summed E-state index contributed by atoms with van der Waals surface area (Å²) in [5.41, 5.74) is 2.08. The summed E-state index contributed by atoms with van der Waals surface area (Å²) in [4.78, 5) is 32.3. The van der Waals surface area contributed by atoms with Gasteiger partial charge in [0.15, 0.2) is 5.78 Å². The number of anilines is 2. The molecule has 2 heterocycles. The Morgan fingerprint density at radius 1 is 1.09 bits per heavy atom.